The van der Waals surface area contributed by atoms with Crippen LogP contribution in [0.15, 0.2) is 5.38 Å². The number of ether oxygens (including phenoxy) is 1. The van der Waals surface area contributed by atoms with Gasteiger partial charge < -0.3 is 20.3 Å². The molecular weight excluding hydrogens is 558 g/mol. The van der Waals surface area contributed by atoms with Crippen molar-refractivity contribution in [1.29, 1.82) is 0 Å². The van der Waals surface area contributed by atoms with E-state index in [0.29, 0.717) is 44.3 Å². The van der Waals surface area contributed by atoms with E-state index in [1.54, 1.807) is 19.2 Å². The lowest BCUT2D eigenvalue weighted by atomic mass is 9.97. The number of nitrogens with one attached hydrogen (secondary N) is 2. The minimum Gasteiger partial charge on any atom is -0.444 e. The van der Waals surface area contributed by atoms with Crippen molar-refractivity contribution in [3.8, 4) is 0 Å². The van der Waals surface area contributed by atoms with Gasteiger partial charge >= 0.3 is 5.97 Å². The molecule has 1 aliphatic heterocycles. The molecule has 4 atom stereocenters. The molecule has 0 bridgehead atoms. The maximum atomic E-state index is 13.5. The number of likely N-dealkylation sites (N-methyl/N-ethyl adjacent to an activating group) is 1. The molecule has 0 aromatic carbocycles. The fourth-order valence-electron chi connectivity index (χ4n) is 4.85. The van der Waals surface area contributed by atoms with Crippen LogP contribution in [0.2, 0.25) is 0 Å². The van der Waals surface area contributed by atoms with E-state index in [1.807, 2.05) is 32.7 Å². The number of hydrogen-bond acceptors (Lipinski definition) is 9. The van der Waals surface area contributed by atoms with Gasteiger partial charge in [0.25, 0.3) is 5.91 Å². The van der Waals surface area contributed by atoms with E-state index in [0.717, 1.165) is 30.8 Å². The fraction of sp³-hybridized carbons (Fsp3) is 0.733. The van der Waals surface area contributed by atoms with Crippen molar-refractivity contribution in [3.05, 3.63) is 16.1 Å². The highest BCUT2D eigenvalue weighted by molar-refractivity contribution is 7.09. The third-order valence-electron chi connectivity index (χ3n) is 7.84. The molecule has 3 amide bonds. The van der Waals surface area contributed by atoms with Crippen LogP contribution in [-0.4, -0.2) is 89.3 Å². The van der Waals surface area contributed by atoms with Crippen molar-refractivity contribution in [1.82, 2.24) is 25.4 Å². The lowest BCUT2D eigenvalue weighted by Gasteiger charge is -2.33. The zero-order valence-electron chi connectivity index (χ0n) is 26.1. The summed E-state index contributed by atoms with van der Waals surface area (Å²) in [6.07, 6.45) is 5.75. The van der Waals surface area contributed by atoms with Crippen LogP contribution in [-0.2, 0) is 30.3 Å². The molecule has 2 rings (SSSR count). The largest absolute Gasteiger partial charge is 0.444 e. The number of aryl methyl sites for hydroxylation is 1. The number of likely N-dealkylation sites (tertiary alicyclic amines) is 1. The molecule has 2 heterocycles. The first-order valence-electron chi connectivity index (χ1n) is 15.2. The van der Waals surface area contributed by atoms with Crippen molar-refractivity contribution in [3.63, 3.8) is 0 Å². The second-order valence-electron chi connectivity index (χ2n) is 11.1. The summed E-state index contributed by atoms with van der Waals surface area (Å²) in [6.45, 7) is 9.88. The highest BCUT2D eigenvalue weighted by Gasteiger charge is 2.31. The topological polar surface area (TPSA) is 138 Å². The highest BCUT2D eigenvalue weighted by Crippen LogP contribution is 2.17. The molecule has 1 aliphatic rings. The van der Waals surface area contributed by atoms with E-state index in [-0.39, 0.29) is 54.7 Å². The molecule has 42 heavy (non-hydrogen) atoms. The lowest BCUT2D eigenvalue weighted by Crippen LogP contribution is -2.55. The smallest absolute Gasteiger partial charge is 0.307 e. The Labute approximate surface area is 254 Å². The summed E-state index contributed by atoms with van der Waals surface area (Å²) in [7, 11) is 1.92. The predicted octanol–water partition coefficient (Wildman–Crippen LogP) is 3.32. The van der Waals surface area contributed by atoms with Gasteiger partial charge in [-0.1, -0.05) is 34.1 Å². The van der Waals surface area contributed by atoms with Crippen molar-refractivity contribution in [2.75, 3.05) is 26.9 Å². The average molecular weight is 608 g/mol. The molecule has 2 N–H and O–H groups in total. The van der Waals surface area contributed by atoms with Crippen molar-refractivity contribution in [2.45, 2.75) is 111 Å². The standard InChI is InChI=1S/C30H49N5O6S/c1-7-22(17-20(4)21(5)36)31-28(38)24-18-42-26(32-24)14-12-16-35(19-41-27(37)9-3)30(40)23(8-2)33-29(39)25-13-10-11-15-34(25)6/h18,20,22-23,25H,7-17,19H2,1-6H3,(H,31,38)(H,33,39). The van der Waals surface area contributed by atoms with Crippen LogP contribution in [0.3, 0.4) is 0 Å². The predicted molar refractivity (Wildman–Crippen MR) is 162 cm³/mol. The summed E-state index contributed by atoms with van der Waals surface area (Å²) < 4.78 is 5.29. The second kappa shape index (κ2) is 17.9. The first-order chi connectivity index (χ1) is 20.0. The summed E-state index contributed by atoms with van der Waals surface area (Å²) in [5, 5.41) is 8.37. The molecule has 0 saturated carbocycles. The monoisotopic (exact) mass is 607 g/mol. The number of esters is 1. The summed E-state index contributed by atoms with van der Waals surface area (Å²) in [5.41, 5.74) is 0.329. The molecule has 12 heteroatoms. The number of aromatic nitrogens is 1. The Kier molecular flexibility index (Phi) is 15.1. The Morgan fingerprint density at radius 3 is 2.50 bits per heavy atom. The summed E-state index contributed by atoms with van der Waals surface area (Å²) in [6, 6.07) is -1.09. The summed E-state index contributed by atoms with van der Waals surface area (Å²) in [5.74, 6) is -1.16. The number of piperidine rings is 1. The van der Waals surface area contributed by atoms with Crippen LogP contribution in [0, 0.1) is 5.92 Å². The van der Waals surface area contributed by atoms with Crippen LogP contribution in [0.5, 0.6) is 0 Å². The minimum atomic E-state index is -0.722. The number of Topliss-reactive ketones (excluding diaryl/α,β-unsaturated/α-hetero) is 1. The maximum Gasteiger partial charge on any atom is 0.307 e. The Bertz CT molecular complexity index is 1060. The molecule has 11 nitrogen and oxygen atoms in total. The molecule has 236 valence electrons. The van der Waals surface area contributed by atoms with Gasteiger partial charge in [0.2, 0.25) is 11.8 Å². The van der Waals surface area contributed by atoms with E-state index in [2.05, 4.69) is 15.6 Å². The highest BCUT2D eigenvalue weighted by atomic mass is 32.1. The van der Waals surface area contributed by atoms with Crippen LogP contribution < -0.4 is 10.6 Å². The molecule has 1 fully saturated rings. The SMILES string of the molecule is CCC(=O)OCN(CCCc1nc(C(=O)NC(CC)CC(C)C(C)=O)cs1)C(=O)C(CC)NC(=O)C1CCCCN1C. The first-order valence-corrected chi connectivity index (χ1v) is 16.1. The Hall–Kier alpha value is -2.86. The zero-order valence-corrected chi connectivity index (χ0v) is 26.9. The van der Waals surface area contributed by atoms with Gasteiger partial charge in [0.1, 0.15) is 17.5 Å². The third-order valence-corrected chi connectivity index (χ3v) is 8.75. The molecular formula is C30H49N5O6S. The lowest BCUT2D eigenvalue weighted by molar-refractivity contribution is -0.154. The van der Waals surface area contributed by atoms with Crippen LogP contribution >= 0.6 is 11.3 Å². The van der Waals surface area contributed by atoms with Crippen molar-refractivity contribution >= 4 is 40.8 Å². The molecule has 0 spiro atoms. The first kappa shape index (κ1) is 35.3. The molecule has 1 aromatic rings. The molecule has 0 aliphatic carbocycles. The maximum absolute atomic E-state index is 13.5. The number of carbonyl (C=O) groups excluding carboxylic acids is 5. The second-order valence-corrected chi connectivity index (χ2v) is 12.1. The fourth-order valence-corrected chi connectivity index (χ4v) is 5.67. The van der Waals surface area contributed by atoms with E-state index < -0.39 is 12.0 Å². The third kappa shape index (κ3) is 11.1. The van der Waals surface area contributed by atoms with Crippen LogP contribution in [0.4, 0.5) is 0 Å². The average Bonchev–Trinajstić information content (AvgIpc) is 3.45. The number of ketones is 1. The number of amides is 3. The van der Waals surface area contributed by atoms with Gasteiger partial charge in [-0.25, -0.2) is 4.98 Å². The quantitative estimate of drug-likeness (QED) is 0.203. The van der Waals surface area contributed by atoms with Gasteiger partial charge in [-0.15, -0.1) is 11.3 Å². The number of carbonyl (C=O) groups is 5. The number of rotatable bonds is 17. The van der Waals surface area contributed by atoms with Gasteiger partial charge in [-0.3, -0.25) is 28.9 Å². The summed E-state index contributed by atoms with van der Waals surface area (Å²) in [4.78, 5) is 70.7. The van der Waals surface area contributed by atoms with Gasteiger partial charge in [-0.05, 0) is 59.0 Å². The van der Waals surface area contributed by atoms with Crippen LogP contribution in [0.25, 0.3) is 0 Å². The molecule has 0 radical (unpaired) electrons. The molecule has 4 unspecified atom stereocenters. The number of thiazole rings is 1. The Morgan fingerprint density at radius 1 is 1.14 bits per heavy atom. The van der Waals surface area contributed by atoms with E-state index in [4.69, 9.17) is 4.74 Å². The minimum absolute atomic E-state index is 0.0973. The number of nitrogens with zero attached hydrogens (tertiary/aromatic N) is 3. The molecule has 1 saturated heterocycles. The molecule has 1 aromatic heterocycles. The zero-order chi connectivity index (χ0) is 31.2. The van der Waals surface area contributed by atoms with E-state index >= 15 is 0 Å². The van der Waals surface area contributed by atoms with Gasteiger partial charge in [0.15, 0.2) is 6.73 Å². The Balaban J connectivity index is 1.99. The van der Waals surface area contributed by atoms with E-state index in [9.17, 15) is 24.0 Å². The van der Waals surface area contributed by atoms with Gasteiger partial charge in [0.05, 0.1) is 11.0 Å². The van der Waals surface area contributed by atoms with Crippen LogP contribution in [0.1, 0.15) is 101 Å². The summed E-state index contributed by atoms with van der Waals surface area (Å²) >= 11 is 1.37. The normalized spacial score (nSPS) is 17.5. The van der Waals surface area contributed by atoms with E-state index in [1.165, 1.54) is 16.2 Å². The number of hydrogen-bond donors (Lipinski definition) is 2. The van der Waals surface area contributed by atoms with Gasteiger partial charge in [0, 0.05) is 36.7 Å². The Morgan fingerprint density at radius 2 is 1.88 bits per heavy atom. The van der Waals surface area contributed by atoms with Gasteiger partial charge in [-0.2, -0.15) is 0 Å². The van der Waals surface area contributed by atoms with Crippen molar-refractivity contribution in [2.24, 2.45) is 5.92 Å². The van der Waals surface area contributed by atoms with Crippen molar-refractivity contribution < 1.29 is 28.7 Å².